The molecule has 0 N–H and O–H groups in total. The van der Waals surface area contributed by atoms with Crippen molar-refractivity contribution in [2.45, 2.75) is 0 Å². The van der Waals surface area contributed by atoms with E-state index in [1.54, 1.807) is 28.4 Å². The Balaban J connectivity index is 1.97. The summed E-state index contributed by atoms with van der Waals surface area (Å²) in [4.78, 5) is 11.6. The number of aryl methyl sites for hydroxylation is 1. The Bertz CT molecular complexity index is 972. The summed E-state index contributed by atoms with van der Waals surface area (Å²) in [6.07, 6.45) is 3.85. The highest BCUT2D eigenvalue weighted by Crippen LogP contribution is 2.38. The van der Waals surface area contributed by atoms with E-state index in [2.05, 4.69) is 0 Å². The SMILES string of the molecule is COc1cc(/C=C\c2ccc3c(c2)oc(=O)n3C)cc(OC)c1OC. The van der Waals surface area contributed by atoms with Crippen LogP contribution < -0.4 is 20.0 Å². The van der Waals surface area contributed by atoms with Crippen LogP contribution in [0.5, 0.6) is 17.2 Å². The zero-order valence-electron chi connectivity index (χ0n) is 14.5. The quantitative estimate of drug-likeness (QED) is 0.666. The number of nitrogens with zero attached hydrogens (tertiary/aromatic N) is 1. The molecule has 0 aliphatic heterocycles. The van der Waals surface area contributed by atoms with Gasteiger partial charge < -0.3 is 18.6 Å². The number of ether oxygens (including phenoxy) is 3. The van der Waals surface area contributed by atoms with Gasteiger partial charge in [0.1, 0.15) is 0 Å². The van der Waals surface area contributed by atoms with Crippen LogP contribution in [0.4, 0.5) is 0 Å². The Kier molecular flexibility index (Phi) is 4.52. The van der Waals surface area contributed by atoms with Crippen molar-refractivity contribution in [1.29, 1.82) is 0 Å². The highest BCUT2D eigenvalue weighted by Gasteiger charge is 2.12. The number of rotatable bonds is 5. The Morgan fingerprint density at radius 3 is 2.16 bits per heavy atom. The third kappa shape index (κ3) is 3.10. The van der Waals surface area contributed by atoms with Crippen LogP contribution in [0, 0.1) is 0 Å². The molecule has 2 aromatic carbocycles. The molecule has 1 heterocycles. The van der Waals surface area contributed by atoms with Crippen molar-refractivity contribution in [3.05, 3.63) is 52.0 Å². The molecule has 0 saturated carbocycles. The van der Waals surface area contributed by atoms with Gasteiger partial charge in [-0.25, -0.2) is 4.79 Å². The molecule has 0 unspecified atom stereocenters. The van der Waals surface area contributed by atoms with E-state index in [1.807, 2.05) is 42.5 Å². The van der Waals surface area contributed by atoms with Crippen molar-refractivity contribution < 1.29 is 18.6 Å². The van der Waals surface area contributed by atoms with E-state index in [-0.39, 0.29) is 5.76 Å². The summed E-state index contributed by atoms with van der Waals surface area (Å²) in [5, 5.41) is 0. The normalized spacial score (nSPS) is 11.2. The fourth-order valence-corrected chi connectivity index (χ4v) is 2.64. The average molecular weight is 341 g/mol. The van der Waals surface area contributed by atoms with Crippen molar-refractivity contribution in [3.8, 4) is 17.2 Å². The minimum atomic E-state index is -0.374. The van der Waals surface area contributed by atoms with Crippen LogP contribution in [0.2, 0.25) is 0 Å². The van der Waals surface area contributed by atoms with Crippen LogP contribution >= 0.6 is 0 Å². The van der Waals surface area contributed by atoms with Gasteiger partial charge in [0.2, 0.25) is 5.75 Å². The van der Waals surface area contributed by atoms with Crippen molar-refractivity contribution in [2.75, 3.05) is 21.3 Å². The van der Waals surface area contributed by atoms with Crippen LogP contribution in [0.25, 0.3) is 23.3 Å². The highest BCUT2D eigenvalue weighted by molar-refractivity contribution is 5.80. The second-order valence-electron chi connectivity index (χ2n) is 5.45. The van der Waals surface area contributed by atoms with Gasteiger partial charge in [-0.2, -0.15) is 0 Å². The standard InChI is InChI=1S/C19H19NO5/c1-20-14-8-7-12(9-15(14)25-19(20)21)5-6-13-10-16(22-2)18(24-4)17(11-13)23-3/h5-11H,1-4H3/b6-5-. The molecule has 0 amide bonds. The number of oxazole rings is 1. The molecule has 0 fully saturated rings. The first kappa shape index (κ1) is 16.7. The Hall–Kier alpha value is -3.15. The van der Waals surface area contributed by atoms with E-state index in [0.717, 1.165) is 16.6 Å². The maximum absolute atomic E-state index is 11.6. The first-order valence-electron chi connectivity index (χ1n) is 7.65. The molecule has 0 spiro atoms. The van der Waals surface area contributed by atoms with Gasteiger partial charge in [0, 0.05) is 7.05 Å². The maximum Gasteiger partial charge on any atom is 0.419 e. The zero-order chi connectivity index (χ0) is 18.0. The lowest BCUT2D eigenvalue weighted by Gasteiger charge is -2.12. The third-order valence-corrected chi connectivity index (χ3v) is 3.97. The number of hydrogen-bond acceptors (Lipinski definition) is 5. The van der Waals surface area contributed by atoms with Gasteiger partial charge in [-0.3, -0.25) is 4.57 Å². The fourth-order valence-electron chi connectivity index (χ4n) is 2.64. The summed E-state index contributed by atoms with van der Waals surface area (Å²) in [5.41, 5.74) is 3.12. The van der Waals surface area contributed by atoms with E-state index in [4.69, 9.17) is 18.6 Å². The summed E-state index contributed by atoms with van der Waals surface area (Å²) in [7, 11) is 6.41. The van der Waals surface area contributed by atoms with Gasteiger partial charge >= 0.3 is 5.76 Å². The van der Waals surface area contributed by atoms with Crippen molar-refractivity contribution >= 4 is 23.3 Å². The van der Waals surface area contributed by atoms with Crippen LogP contribution in [0.15, 0.2) is 39.5 Å². The van der Waals surface area contributed by atoms with Gasteiger partial charge in [0.05, 0.1) is 26.8 Å². The molecule has 3 aromatic rings. The molecule has 6 heteroatoms. The van der Waals surface area contributed by atoms with Gasteiger partial charge in [-0.1, -0.05) is 18.2 Å². The Morgan fingerprint density at radius 2 is 1.56 bits per heavy atom. The van der Waals surface area contributed by atoms with E-state index in [0.29, 0.717) is 22.8 Å². The Morgan fingerprint density at radius 1 is 0.920 bits per heavy atom. The molecule has 0 aliphatic carbocycles. The smallest absolute Gasteiger partial charge is 0.419 e. The third-order valence-electron chi connectivity index (χ3n) is 3.97. The predicted octanol–water partition coefficient (Wildman–Crippen LogP) is 3.33. The zero-order valence-corrected chi connectivity index (χ0v) is 14.5. The van der Waals surface area contributed by atoms with Gasteiger partial charge in [-0.05, 0) is 35.4 Å². The summed E-state index contributed by atoms with van der Waals surface area (Å²) in [5.74, 6) is 1.35. The predicted molar refractivity (Wildman–Crippen MR) is 96.5 cm³/mol. The summed E-state index contributed by atoms with van der Waals surface area (Å²) < 4.78 is 22.7. The molecular weight excluding hydrogens is 322 g/mol. The monoisotopic (exact) mass is 341 g/mol. The van der Waals surface area contributed by atoms with Crippen molar-refractivity contribution in [3.63, 3.8) is 0 Å². The topological polar surface area (TPSA) is 62.8 Å². The molecule has 130 valence electrons. The van der Waals surface area contributed by atoms with Gasteiger partial charge in [-0.15, -0.1) is 0 Å². The van der Waals surface area contributed by atoms with E-state index >= 15 is 0 Å². The van der Waals surface area contributed by atoms with Gasteiger partial charge in [0.25, 0.3) is 0 Å². The lowest BCUT2D eigenvalue weighted by Crippen LogP contribution is -2.08. The molecule has 0 saturated heterocycles. The molecular formula is C19H19NO5. The number of fused-ring (bicyclic) bond motifs is 1. The molecule has 0 aliphatic rings. The summed E-state index contributed by atoms with van der Waals surface area (Å²) >= 11 is 0. The lowest BCUT2D eigenvalue weighted by molar-refractivity contribution is 0.324. The number of methoxy groups -OCH3 is 3. The lowest BCUT2D eigenvalue weighted by atomic mass is 10.1. The fraction of sp³-hybridized carbons (Fsp3) is 0.211. The number of hydrogen-bond donors (Lipinski definition) is 0. The molecule has 0 bridgehead atoms. The molecule has 6 nitrogen and oxygen atoms in total. The molecule has 25 heavy (non-hydrogen) atoms. The Labute approximate surface area is 144 Å². The number of aromatic nitrogens is 1. The minimum absolute atomic E-state index is 0.374. The van der Waals surface area contributed by atoms with Gasteiger partial charge in [0.15, 0.2) is 17.1 Å². The van der Waals surface area contributed by atoms with E-state index < -0.39 is 0 Å². The van der Waals surface area contributed by atoms with E-state index in [9.17, 15) is 4.79 Å². The molecule has 1 aromatic heterocycles. The van der Waals surface area contributed by atoms with Crippen LogP contribution in [-0.4, -0.2) is 25.9 Å². The first-order chi connectivity index (χ1) is 12.1. The van der Waals surface area contributed by atoms with E-state index in [1.165, 1.54) is 4.57 Å². The molecule has 0 atom stereocenters. The molecule has 0 radical (unpaired) electrons. The minimum Gasteiger partial charge on any atom is -0.493 e. The second-order valence-corrected chi connectivity index (χ2v) is 5.45. The maximum atomic E-state index is 11.6. The van der Waals surface area contributed by atoms with Crippen molar-refractivity contribution in [2.24, 2.45) is 7.05 Å². The van der Waals surface area contributed by atoms with Crippen molar-refractivity contribution in [1.82, 2.24) is 4.57 Å². The van der Waals surface area contributed by atoms with Crippen LogP contribution in [0.1, 0.15) is 11.1 Å². The van der Waals surface area contributed by atoms with Crippen LogP contribution in [-0.2, 0) is 7.05 Å². The largest absolute Gasteiger partial charge is 0.493 e. The first-order valence-corrected chi connectivity index (χ1v) is 7.65. The highest BCUT2D eigenvalue weighted by atomic mass is 16.5. The average Bonchev–Trinajstić information content (AvgIpc) is 2.92. The van der Waals surface area contributed by atoms with Crippen LogP contribution in [0.3, 0.4) is 0 Å². The number of benzene rings is 2. The summed E-state index contributed by atoms with van der Waals surface area (Å²) in [6.45, 7) is 0. The second kappa shape index (κ2) is 6.76. The summed E-state index contributed by atoms with van der Waals surface area (Å²) in [6, 6.07) is 9.32. The molecule has 3 rings (SSSR count).